The van der Waals surface area contributed by atoms with Gasteiger partial charge >= 0.3 is 0 Å². The van der Waals surface area contributed by atoms with E-state index in [0.29, 0.717) is 19.5 Å². The van der Waals surface area contributed by atoms with Crippen LogP contribution in [0.5, 0.6) is 0 Å². The lowest BCUT2D eigenvalue weighted by Gasteiger charge is -2.17. The minimum atomic E-state index is 0.131. The SMILES string of the molecule is C#CCN(CC)C(=O)CCc1cccc(C)c1. The summed E-state index contributed by atoms with van der Waals surface area (Å²) in [4.78, 5) is 13.6. The Kier molecular flexibility index (Phi) is 5.29. The first-order valence-electron chi connectivity index (χ1n) is 5.94. The number of amides is 1. The molecule has 0 spiro atoms. The number of terminal acetylenes is 1. The highest BCUT2D eigenvalue weighted by Gasteiger charge is 2.09. The Labute approximate surface area is 104 Å². The molecule has 1 rings (SSSR count). The lowest BCUT2D eigenvalue weighted by atomic mass is 10.1. The summed E-state index contributed by atoms with van der Waals surface area (Å²) < 4.78 is 0. The van der Waals surface area contributed by atoms with Crippen LogP contribution in [0.15, 0.2) is 24.3 Å². The third-order valence-corrected chi connectivity index (χ3v) is 2.73. The van der Waals surface area contributed by atoms with Crippen molar-refractivity contribution in [1.82, 2.24) is 4.90 Å². The fraction of sp³-hybridized carbons (Fsp3) is 0.400. The highest BCUT2D eigenvalue weighted by Crippen LogP contribution is 2.07. The second-order valence-corrected chi connectivity index (χ2v) is 4.10. The molecule has 1 aromatic carbocycles. The first kappa shape index (κ1) is 13.3. The van der Waals surface area contributed by atoms with E-state index in [2.05, 4.69) is 31.0 Å². The molecule has 0 aliphatic rings. The topological polar surface area (TPSA) is 20.3 Å². The van der Waals surface area contributed by atoms with Gasteiger partial charge in [-0.15, -0.1) is 6.42 Å². The molecule has 0 fully saturated rings. The van der Waals surface area contributed by atoms with E-state index in [1.165, 1.54) is 11.1 Å². The van der Waals surface area contributed by atoms with Gasteiger partial charge < -0.3 is 4.90 Å². The van der Waals surface area contributed by atoms with Gasteiger partial charge in [0, 0.05) is 13.0 Å². The number of carbonyl (C=O) groups excluding carboxylic acids is 1. The van der Waals surface area contributed by atoms with Crippen molar-refractivity contribution >= 4 is 5.91 Å². The maximum absolute atomic E-state index is 11.9. The molecule has 0 aliphatic carbocycles. The van der Waals surface area contributed by atoms with Crippen molar-refractivity contribution in [3.05, 3.63) is 35.4 Å². The Bertz CT molecular complexity index is 417. The van der Waals surface area contributed by atoms with E-state index in [1.54, 1.807) is 4.90 Å². The zero-order valence-electron chi connectivity index (χ0n) is 10.6. The predicted molar refractivity (Wildman–Crippen MR) is 70.6 cm³/mol. The second kappa shape index (κ2) is 6.75. The van der Waals surface area contributed by atoms with Gasteiger partial charge in [0.25, 0.3) is 0 Å². The molecule has 0 heterocycles. The third-order valence-electron chi connectivity index (χ3n) is 2.73. The van der Waals surface area contributed by atoms with Gasteiger partial charge in [0.2, 0.25) is 5.91 Å². The number of aryl methyl sites for hydroxylation is 2. The Morgan fingerprint density at radius 1 is 1.47 bits per heavy atom. The van der Waals surface area contributed by atoms with Gasteiger partial charge in [-0.3, -0.25) is 4.79 Å². The molecule has 0 saturated heterocycles. The van der Waals surface area contributed by atoms with Crippen LogP contribution in [0.2, 0.25) is 0 Å². The summed E-state index contributed by atoms with van der Waals surface area (Å²) in [5.74, 6) is 2.64. The van der Waals surface area contributed by atoms with Crippen molar-refractivity contribution in [3.8, 4) is 12.3 Å². The van der Waals surface area contributed by atoms with Gasteiger partial charge in [0.15, 0.2) is 0 Å². The summed E-state index contributed by atoms with van der Waals surface area (Å²) in [5, 5.41) is 0. The van der Waals surface area contributed by atoms with Crippen LogP contribution in [-0.4, -0.2) is 23.9 Å². The highest BCUT2D eigenvalue weighted by molar-refractivity contribution is 5.76. The molecule has 90 valence electrons. The number of carbonyl (C=O) groups is 1. The van der Waals surface area contributed by atoms with Crippen molar-refractivity contribution in [2.24, 2.45) is 0 Å². The average molecular weight is 229 g/mol. The zero-order chi connectivity index (χ0) is 12.7. The Morgan fingerprint density at radius 3 is 2.82 bits per heavy atom. The number of hydrogen-bond acceptors (Lipinski definition) is 1. The molecule has 0 atom stereocenters. The monoisotopic (exact) mass is 229 g/mol. The standard InChI is InChI=1S/C15H19NO/c1-4-11-16(5-2)15(17)10-9-14-8-6-7-13(3)12-14/h1,6-8,12H,5,9-11H2,2-3H3. The van der Waals surface area contributed by atoms with Crippen LogP contribution in [0.3, 0.4) is 0 Å². The van der Waals surface area contributed by atoms with E-state index in [0.717, 1.165) is 6.42 Å². The largest absolute Gasteiger partial charge is 0.332 e. The van der Waals surface area contributed by atoms with Crippen LogP contribution < -0.4 is 0 Å². The number of hydrogen-bond donors (Lipinski definition) is 0. The Morgan fingerprint density at radius 2 is 2.24 bits per heavy atom. The third kappa shape index (κ3) is 4.32. The van der Waals surface area contributed by atoms with Crippen LogP contribution in [-0.2, 0) is 11.2 Å². The van der Waals surface area contributed by atoms with Gasteiger partial charge in [-0.2, -0.15) is 0 Å². The molecule has 2 heteroatoms. The molecule has 1 aromatic rings. The van der Waals surface area contributed by atoms with Gasteiger partial charge in [-0.25, -0.2) is 0 Å². The van der Waals surface area contributed by atoms with Crippen LogP contribution in [0.1, 0.15) is 24.5 Å². The summed E-state index contributed by atoms with van der Waals surface area (Å²) in [5.41, 5.74) is 2.43. The zero-order valence-corrected chi connectivity index (χ0v) is 10.6. The van der Waals surface area contributed by atoms with Gasteiger partial charge in [-0.1, -0.05) is 35.7 Å². The summed E-state index contributed by atoms with van der Waals surface area (Å²) in [6, 6.07) is 8.25. The first-order valence-corrected chi connectivity index (χ1v) is 5.94. The summed E-state index contributed by atoms with van der Waals surface area (Å²) in [7, 11) is 0. The molecule has 0 N–H and O–H groups in total. The lowest BCUT2D eigenvalue weighted by molar-refractivity contribution is -0.130. The molecular weight excluding hydrogens is 210 g/mol. The maximum Gasteiger partial charge on any atom is 0.223 e. The van der Waals surface area contributed by atoms with Crippen molar-refractivity contribution < 1.29 is 4.79 Å². The minimum absolute atomic E-state index is 0.131. The van der Waals surface area contributed by atoms with E-state index in [-0.39, 0.29) is 5.91 Å². The summed E-state index contributed by atoms with van der Waals surface area (Å²) >= 11 is 0. The molecule has 17 heavy (non-hydrogen) atoms. The van der Waals surface area contributed by atoms with E-state index < -0.39 is 0 Å². The number of nitrogens with zero attached hydrogens (tertiary/aromatic N) is 1. The fourth-order valence-corrected chi connectivity index (χ4v) is 1.76. The van der Waals surface area contributed by atoms with Gasteiger partial charge in [0.05, 0.1) is 6.54 Å². The van der Waals surface area contributed by atoms with E-state index >= 15 is 0 Å². The highest BCUT2D eigenvalue weighted by atomic mass is 16.2. The van der Waals surface area contributed by atoms with Crippen molar-refractivity contribution in [2.75, 3.05) is 13.1 Å². The molecule has 0 saturated carbocycles. The summed E-state index contributed by atoms with van der Waals surface area (Å²) in [6.07, 6.45) is 6.53. The van der Waals surface area contributed by atoms with E-state index in [9.17, 15) is 4.79 Å². The van der Waals surface area contributed by atoms with Crippen molar-refractivity contribution in [1.29, 1.82) is 0 Å². The maximum atomic E-state index is 11.9. The average Bonchev–Trinajstić information content (AvgIpc) is 2.33. The summed E-state index contributed by atoms with van der Waals surface area (Å²) in [6.45, 7) is 5.09. The predicted octanol–water partition coefficient (Wildman–Crippen LogP) is 2.41. The molecule has 1 amide bonds. The van der Waals surface area contributed by atoms with Gasteiger partial charge in [0.1, 0.15) is 0 Å². The van der Waals surface area contributed by atoms with E-state index in [1.807, 2.05) is 13.0 Å². The first-order chi connectivity index (χ1) is 8.17. The quantitative estimate of drug-likeness (QED) is 0.710. The molecule has 0 aromatic heterocycles. The molecule has 0 unspecified atom stereocenters. The Balaban J connectivity index is 2.50. The molecule has 0 radical (unpaired) electrons. The van der Waals surface area contributed by atoms with Crippen LogP contribution >= 0.6 is 0 Å². The van der Waals surface area contributed by atoms with Crippen LogP contribution in [0.25, 0.3) is 0 Å². The Hall–Kier alpha value is -1.75. The minimum Gasteiger partial charge on any atom is -0.332 e. The fourth-order valence-electron chi connectivity index (χ4n) is 1.76. The second-order valence-electron chi connectivity index (χ2n) is 4.10. The number of benzene rings is 1. The molecular formula is C15H19NO. The number of rotatable bonds is 5. The molecule has 2 nitrogen and oxygen atoms in total. The van der Waals surface area contributed by atoms with Gasteiger partial charge in [-0.05, 0) is 25.8 Å². The van der Waals surface area contributed by atoms with Crippen molar-refractivity contribution in [2.45, 2.75) is 26.7 Å². The molecule has 0 aliphatic heterocycles. The van der Waals surface area contributed by atoms with Crippen LogP contribution in [0.4, 0.5) is 0 Å². The van der Waals surface area contributed by atoms with E-state index in [4.69, 9.17) is 6.42 Å². The van der Waals surface area contributed by atoms with Crippen LogP contribution in [0, 0.1) is 19.3 Å². The van der Waals surface area contributed by atoms with Crippen molar-refractivity contribution in [3.63, 3.8) is 0 Å². The molecule has 0 bridgehead atoms. The smallest absolute Gasteiger partial charge is 0.223 e. The lowest BCUT2D eigenvalue weighted by Crippen LogP contribution is -2.31. The normalized spacial score (nSPS) is 9.71.